The molecule has 2 N–H and O–H groups in total. The summed E-state index contributed by atoms with van der Waals surface area (Å²) >= 11 is 11.6. The van der Waals surface area contributed by atoms with Crippen LogP contribution in [0.2, 0.25) is 10.0 Å². The first-order valence-electron chi connectivity index (χ1n) is 6.15. The van der Waals surface area contributed by atoms with Gasteiger partial charge in [-0.1, -0.05) is 29.3 Å². The van der Waals surface area contributed by atoms with E-state index in [-0.39, 0.29) is 5.69 Å². The number of hydrogen-bond donors (Lipinski definition) is 2. The van der Waals surface area contributed by atoms with Crippen molar-refractivity contribution < 1.29 is 9.72 Å². The highest BCUT2D eigenvalue weighted by Gasteiger charge is 2.12. The van der Waals surface area contributed by atoms with Gasteiger partial charge in [-0.25, -0.2) is 4.79 Å². The Hall–Kier alpha value is -2.31. The van der Waals surface area contributed by atoms with E-state index in [9.17, 15) is 14.9 Å². The molecule has 0 aliphatic heterocycles. The molecule has 0 saturated carbocycles. The highest BCUT2D eigenvalue weighted by atomic mass is 35.5. The molecule has 2 rings (SSSR count). The van der Waals surface area contributed by atoms with Crippen LogP contribution in [0.15, 0.2) is 36.4 Å². The highest BCUT2D eigenvalue weighted by molar-refractivity contribution is 6.42. The van der Waals surface area contributed by atoms with Crippen molar-refractivity contribution in [2.24, 2.45) is 0 Å². The SMILES string of the molecule is Cc1ccc(NC(=O)Nc2ccc(Cl)c(Cl)c2)cc1[N+](=O)[O-]. The van der Waals surface area contributed by atoms with Gasteiger partial charge in [-0.15, -0.1) is 0 Å². The number of nitro benzene ring substituents is 1. The summed E-state index contributed by atoms with van der Waals surface area (Å²) in [5.74, 6) is 0. The molecule has 0 atom stereocenters. The predicted molar refractivity (Wildman–Crippen MR) is 86.9 cm³/mol. The lowest BCUT2D eigenvalue weighted by atomic mass is 10.2. The quantitative estimate of drug-likeness (QED) is 0.618. The Balaban J connectivity index is 2.10. The number of benzene rings is 2. The number of amides is 2. The highest BCUT2D eigenvalue weighted by Crippen LogP contribution is 2.25. The van der Waals surface area contributed by atoms with E-state index < -0.39 is 11.0 Å². The molecule has 2 aromatic carbocycles. The Kier molecular flexibility index (Phi) is 4.85. The van der Waals surface area contributed by atoms with Crippen LogP contribution in [0, 0.1) is 17.0 Å². The third-order valence-corrected chi connectivity index (χ3v) is 3.58. The van der Waals surface area contributed by atoms with E-state index in [1.807, 2.05) is 0 Å². The average molecular weight is 340 g/mol. The Morgan fingerprint density at radius 3 is 2.23 bits per heavy atom. The summed E-state index contributed by atoms with van der Waals surface area (Å²) in [5, 5.41) is 16.6. The van der Waals surface area contributed by atoms with Crippen molar-refractivity contribution in [1.29, 1.82) is 0 Å². The summed E-state index contributed by atoms with van der Waals surface area (Å²) in [6, 6.07) is 8.53. The van der Waals surface area contributed by atoms with Gasteiger partial charge in [0.05, 0.1) is 15.0 Å². The number of carbonyl (C=O) groups is 1. The standard InChI is InChI=1S/C14H11Cl2N3O3/c1-8-2-3-10(7-13(8)19(21)22)18-14(20)17-9-4-5-11(15)12(16)6-9/h2-7H,1H3,(H2,17,18,20). The second kappa shape index (κ2) is 6.64. The van der Waals surface area contributed by atoms with Crippen molar-refractivity contribution in [2.45, 2.75) is 6.92 Å². The van der Waals surface area contributed by atoms with Crippen LogP contribution in [0.3, 0.4) is 0 Å². The third-order valence-electron chi connectivity index (χ3n) is 2.84. The Morgan fingerprint density at radius 1 is 1.05 bits per heavy atom. The van der Waals surface area contributed by atoms with E-state index in [4.69, 9.17) is 23.2 Å². The van der Waals surface area contributed by atoms with Gasteiger partial charge in [-0.2, -0.15) is 0 Å². The summed E-state index contributed by atoms with van der Waals surface area (Å²) in [6.45, 7) is 1.62. The topological polar surface area (TPSA) is 84.3 Å². The van der Waals surface area contributed by atoms with Crippen LogP contribution in [-0.4, -0.2) is 11.0 Å². The Bertz CT molecular complexity index is 750. The summed E-state index contributed by atoms with van der Waals surface area (Å²) in [5.41, 5.74) is 1.22. The van der Waals surface area contributed by atoms with Crippen LogP contribution < -0.4 is 10.6 Å². The lowest BCUT2D eigenvalue weighted by molar-refractivity contribution is -0.385. The second-order valence-electron chi connectivity index (χ2n) is 4.47. The third kappa shape index (κ3) is 3.87. The minimum atomic E-state index is -0.545. The Labute approximate surface area is 136 Å². The van der Waals surface area contributed by atoms with Crippen molar-refractivity contribution in [3.63, 3.8) is 0 Å². The zero-order chi connectivity index (χ0) is 16.3. The van der Waals surface area contributed by atoms with Crippen molar-refractivity contribution in [3.8, 4) is 0 Å². The van der Waals surface area contributed by atoms with Crippen LogP contribution in [0.5, 0.6) is 0 Å². The van der Waals surface area contributed by atoms with E-state index in [0.717, 1.165) is 0 Å². The number of aryl methyl sites for hydroxylation is 1. The molecule has 0 radical (unpaired) electrons. The van der Waals surface area contributed by atoms with E-state index in [2.05, 4.69) is 10.6 Å². The van der Waals surface area contributed by atoms with E-state index >= 15 is 0 Å². The fourth-order valence-corrected chi connectivity index (χ4v) is 2.05. The van der Waals surface area contributed by atoms with Gasteiger partial charge in [0.2, 0.25) is 0 Å². The lowest BCUT2D eigenvalue weighted by Crippen LogP contribution is -2.19. The number of rotatable bonds is 3. The number of urea groups is 1. The molecule has 0 aliphatic carbocycles. The molecule has 22 heavy (non-hydrogen) atoms. The maximum atomic E-state index is 11.9. The molecule has 114 valence electrons. The minimum Gasteiger partial charge on any atom is -0.308 e. The Morgan fingerprint density at radius 2 is 1.64 bits per heavy atom. The van der Waals surface area contributed by atoms with Gasteiger partial charge in [-0.3, -0.25) is 10.1 Å². The van der Waals surface area contributed by atoms with Crippen molar-refractivity contribution in [3.05, 3.63) is 62.1 Å². The molecule has 8 heteroatoms. The van der Waals surface area contributed by atoms with Crippen molar-refractivity contribution in [2.75, 3.05) is 10.6 Å². The number of halogens is 2. The fourth-order valence-electron chi connectivity index (χ4n) is 1.75. The molecular formula is C14H11Cl2N3O3. The van der Waals surface area contributed by atoms with Gasteiger partial charge < -0.3 is 10.6 Å². The molecule has 0 saturated heterocycles. The van der Waals surface area contributed by atoms with E-state index in [1.165, 1.54) is 12.1 Å². The lowest BCUT2D eigenvalue weighted by Gasteiger charge is -2.09. The van der Waals surface area contributed by atoms with Gasteiger partial charge in [-0.05, 0) is 31.2 Å². The first kappa shape index (κ1) is 16.1. The molecule has 2 aromatic rings. The van der Waals surface area contributed by atoms with Gasteiger partial charge in [0, 0.05) is 23.0 Å². The van der Waals surface area contributed by atoms with E-state index in [0.29, 0.717) is 27.0 Å². The van der Waals surface area contributed by atoms with Gasteiger partial charge in [0.15, 0.2) is 0 Å². The zero-order valence-corrected chi connectivity index (χ0v) is 12.9. The maximum Gasteiger partial charge on any atom is 0.323 e. The van der Waals surface area contributed by atoms with E-state index in [1.54, 1.807) is 31.2 Å². The number of hydrogen-bond acceptors (Lipinski definition) is 3. The van der Waals surface area contributed by atoms with Gasteiger partial charge in [0.25, 0.3) is 5.69 Å². The molecular weight excluding hydrogens is 329 g/mol. The normalized spacial score (nSPS) is 10.1. The molecule has 0 aromatic heterocycles. The largest absolute Gasteiger partial charge is 0.323 e. The van der Waals surface area contributed by atoms with Gasteiger partial charge in [0.1, 0.15) is 0 Å². The van der Waals surface area contributed by atoms with Crippen LogP contribution >= 0.6 is 23.2 Å². The number of nitro groups is 1. The van der Waals surface area contributed by atoms with Crippen LogP contribution in [0.25, 0.3) is 0 Å². The number of nitrogens with zero attached hydrogens (tertiary/aromatic N) is 1. The first-order valence-corrected chi connectivity index (χ1v) is 6.90. The monoisotopic (exact) mass is 339 g/mol. The molecule has 0 heterocycles. The zero-order valence-electron chi connectivity index (χ0n) is 11.4. The van der Waals surface area contributed by atoms with Crippen molar-refractivity contribution in [1.82, 2.24) is 0 Å². The summed E-state index contributed by atoms with van der Waals surface area (Å²) in [4.78, 5) is 22.2. The van der Waals surface area contributed by atoms with Gasteiger partial charge >= 0.3 is 6.03 Å². The molecule has 6 nitrogen and oxygen atoms in total. The molecule has 0 fully saturated rings. The minimum absolute atomic E-state index is 0.0627. The average Bonchev–Trinajstić information content (AvgIpc) is 2.44. The fraction of sp³-hybridized carbons (Fsp3) is 0.0714. The number of carbonyl (C=O) groups excluding carboxylic acids is 1. The summed E-state index contributed by atoms with van der Waals surface area (Å²) < 4.78 is 0. The van der Waals surface area contributed by atoms with Crippen LogP contribution in [-0.2, 0) is 0 Å². The van der Waals surface area contributed by atoms with Crippen molar-refractivity contribution >= 4 is 46.3 Å². The second-order valence-corrected chi connectivity index (χ2v) is 5.28. The molecule has 0 spiro atoms. The maximum absolute atomic E-state index is 11.9. The number of anilines is 2. The molecule has 0 unspecified atom stereocenters. The molecule has 0 aliphatic rings. The summed E-state index contributed by atoms with van der Waals surface area (Å²) in [6.07, 6.45) is 0. The first-order chi connectivity index (χ1) is 10.4. The predicted octanol–water partition coefficient (Wildman–Crippen LogP) is 4.85. The molecule has 0 bridgehead atoms. The molecule has 2 amide bonds. The van der Waals surface area contributed by atoms with Crippen LogP contribution in [0.4, 0.5) is 21.9 Å². The number of nitrogens with one attached hydrogen (secondary N) is 2. The summed E-state index contributed by atoms with van der Waals surface area (Å²) in [7, 11) is 0. The smallest absolute Gasteiger partial charge is 0.308 e. The van der Waals surface area contributed by atoms with Crippen LogP contribution in [0.1, 0.15) is 5.56 Å².